The van der Waals surface area contributed by atoms with E-state index in [2.05, 4.69) is 15.2 Å². The fourth-order valence-electron chi connectivity index (χ4n) is 3.09. The van der Waals surface area contributed by atoms with Crippen molar-refractivity contribution < 1.29 is 27.3 Å². The van der Waals surface area contributed by atoms with Gasteiger partial charge in [0.2, 0.25) is 0 Å². The molecule has 2 heterocycles. The van der Waals surface area contributed by atoms with Crippen molar-refractivity contribution >= 4 is 62.0 Å². The van der Waals surface area contributed by atoms with Gasteiger partial charge in [0.15, 0.2) is 11.6 Å². The van der Waals surface area contributed by atoms with Crippen LogP contribution in [0.25, 0.3) is 0 Å². The van der Waals surface area contributed by atoms with E-state index in [1.54, 1.807) is 19.1 Å². The quantitative estimate of drug-likeness (QED) is 0.437. The molecule has 3 aromatic rings. The van der Waals surface area contributed by atoms with Gasteiger partial charge in [-0.2, -0.15) is 0 Å². The molecule has 2 aromatic heterocycles. The van der Waals surface area contributed by atoms with Gasteiger partial charge in [-0.3, -0.25) is 14.4 Å². The van der Waals surface area contributed by atoms with E-state index in [4.69, 9.17) is 16.1 Å². The van der Waals surface area contributed by atoms with E-state index in [1.807, 2.05) is 6.92 Å². The van der Waals surface area contributed by atoms with Gasteiger partial charge in [0, 0.05) is 5.56 Å². The SMILES string of the molecule is CC(=O)c1cc(S(=O)(=O)Nc2onc(C)c2Cl)c(C(=O)Nc2c(C)cc(C)cc2C(C)=O)s1. The van der Waals surface area contributed by atoms with Crippen LogP contribution in [0.15, 0.2) is 27.6 Å². The van der Waals surface area contributed by atoms with Crippen molar-refractivity contribution in [3.05, 3.63) is 55.4 Å². The number of hydrogen-bond donors (Lipinski definition) is 2. The molecule has 0 atom stereocenters. The van der Waals surface area contributed by atoms with Crippen molar-refractivity contribution in [2.75, 3.05) is 10.0 Å². The molecule has 0 unspecified atom stereocenters. The number of benzene rings is 1. The van der Waals surface area contributed by atoms with Gasteiger partial charge >= 0.3 is 0 Å². The summed E-state index contributed by atoms with van der Waals surface area (Å²) in [4.78, 5) is 36.6. The molecule has 1 aromatic carbocycles. The highest BCUT2D eigenvalue weighted by Gasteiger charge is 2.30. The number of Topliss-reactive ketones (excluding diaryl/α,β-unsaturated/α-hetero) is 2. The van der Waals surface area contributed by atoms with E-state index >= 15 is 0 Å². The second-order valence-electron chi connectivity index (χ2n) is 7.39. The molecule has 0 bridgehead atoms. The molecule has 0 radical (unpaired) electrons. The minimum Gasteiger partial charge on any atom is -0.336 e. The predicted molar refractivity (Wildman–Crippen MR) is 125 cm³/mol. The molecule has 9 nitrogen and oxygen atoms in total. The number of nitrogens with zero attached hydrogens (tertiary/aromatic N) is 1. The molecule has 0 spiro atoms. The molecule has 0 fully saturated rings. The summed E-state index contributed by atoms with van der Waals surface area (Å²) in [6.07, 6.45) is 0. The molecule has 174 valence electrons. The van der Waals surface area contributed by atoms with Crippen LogP contribution in [0.5, 0.6) is 0 Å². The molecule has 0 aliphatic rings. The number of hydrogen-bond acceptors (Lipinski definition) is 8. The minimum absolute atomic E-state index is 0.0343. The number of anilines is 2. The van der Waals surface area contributed by atoms with E-state index in [-0.39, 0.29) is 43.4 Å². The predicted octanol–water partition coefficient (Wildman–Crippen LogP) is 4.77. The molecule has 0 aliphatic carbocycles. The third-order valence-corrected chi connectivity index (χ3v) is 7.82. The summed E-state index contributed by atoms with van der Waals surface area (Å²) in [6, 6.07) is 4.52. The smallest absolute Gasteiger partial charge is 0.267 e. The standard InChI is InChI=1S/C21H20ClN3O6S2/c1-9-6-10(2)18(14(7-9)12(4)26)23-20(28)19-16(8-15(32-19)13(5)27)33(29,30)25-21-17(22)11(3)24-31-21/h6-8,25H,1-5H3,(H,23,28). The zero-order valence-electron chi connectivity index (χ0n) is 18.3. The monoisotopic (exact) mass is 509 g/mol. The normalized spacial score (nSPS) is 11.3. The summed E-state index contributed by atoms with van der Waals surface area (Å²) in [5.74, 6) is -1.79. The van der Waals surface area contributed by atoms with E-state index in [0.717, 1.165) is 23.0 Å². The summed E-state index contributed by atoms with van der Waals surface area (Å²) in [7, 11) is -4.38. The van der Waals surface area contributed by atoms with Crippen LogP contribution in [0, 0.1) is 20.8 Å². The van der Waals surface area contributed by atoms with E-state index in [1.165, 1.54) is 20.8 Å². The summed E-state index contributed by atoms with van der Waals surface area (Å²) in [6.45, 7) is 7.68. The maximum absolute atomic E-state index is 13.2. The number of rotatable bonds is 7. The Morgan fingerprint density at radius 1 is 1.06 bits per heavy atom. The van der Waals surface area contributed by atoms with Crippen LogP contribution in [0.1, 0.15) is 60.4 Å². The molecule has 0 saturated carbocycles. The highest BCUT2D eigenvalue weighted by molar-refractivity contribution is 7.93. The van der Waals surface area contributed by atoms with Crippen LogP contribution in [-0.4, -0.2) is 31.0 Å². The van der Waals surface area contributed by atoms with Crippen LogP contribution in [0.2, 0.25) is 5.02 Å². The first-order valence-corrected chi connectivity index (χ1v) is 12.2. The molecule has 3 rings (SSSR count). The summed E-state index contributed by atoms with van der Waals surface area (Å²) >= 11 is 6.72. The third-order valence-electron chi connectivity index (χ3n) is 4.66. The first kappa shape index (κ1) is 24.6. The minimum atomic E-state index is -4.38. The number of aromatic nitrogens is 1. The molecule has 1 amide bonds. The topological polar surface area (TPSA) is 135 Å². The van der Waals surface area contributed by atoms with Gasteiger partial charge in [0.1, 0.15) is 20.5 Å². The fraction of sp³-hybridized carbons (Fsp3) is 0.238. The third kappa shape index (κ3) is 5.00. The van der Waals surface area contributed by atoms with Gasteiger partial charge in [-0.25, -0.2) is 13.1 Å². The van der Waals surface area contributed by atoms with Crippen molar-refractivity contribution in [3.8, 4) is 0 Å². The summed E-state index contributed by atoms with van der Waals surface area (Å²) < 4.78 is 33.2. The Labute approximate surface area is 199 Å². The largest absolute Gasteiger partial charge is 0.336 e. The average molecular weight is 510 g/mol. The lowest BCUT2D eigenvalue weighted by molar-refractivity contribution is 0.101. The second-order valence-corrected chi connectivity index (χ2v) is 10.5. The van der Waals surface area contributed by atoms with Gasteiger partial charge < -0.3 is 9.84 Å². The molecular formula is C21H20ClN3O6S2. The average Bonchev–Trinajstić information content (AvgIpc) is 3.30. The summed E-state index contributed by atoms with van der Waals surface area (Å²) in [5, 5.41) is 6.19. The van der Waals surface area contributed by atoms with Crippen LogP contribution >= 0.6 is 22.9 Å². The number of carbonyl (C=O) groups excluding carboxylic acids is 3. The van der Waals surface area contributed by atoms with Crippen molar-refractivity contribution in [3.63, 3.8) is 0 Å². The lowest BCUT2D eigenvalue weighted by atomic mass is 10.0. The number of aryl methyl sites for hydroxylation is 3. The number of thiophene rings is 1. The maximum Gasteiger partial charge on any atom is 0.267 e. The Morgan fingerprint density at radius 2 is 1.73 bits per heavy atom. The number of nitrogens with one attached hydrogen (secondary N) is 2. The Kier molecular flexibility index (Phi) is 6.78. The number of amides is 1. The van der Waals surface area contributed by atoms with Gasteiger partial charge in [0.25, 0.3) is 21.8 Å². The van der Waals surface area contributed by atoms with Crippen molar-refractivity contribution in [2.45, 2.75) is 39.5 Å². The molecule has 2 N–H and O–H groups in total. The molecule has 12 heteroatoms. The zero-order chi connectivity index (χ0) is 24.7. The first-order chi connectivity index (χ1) is 15.3. The number of halogens is 1. The number of sulfonamides is 1. The van der Waals surface area contributed by atoms with E-state index in [0.29, 0.717) is 5.56 Å². The lowest BCUT2D eigenvalue weighted by Crippen LogP contribution is -2.19. The van der Waals surface area contributed by atoms with Crippen molar-refractivity contribution in [1.82, 2.24) is 5.16 Å². The maximum atomic E-state index is 13.2. The lowest BCUT2D eigenvalue weighted by Gasteiger charge is -2.14. The Bertz CT molecular complexity index is 1410. The Balaban J connectivity index is 2.07. The fourth-order valence-corrected chi connectivity index (χ4v) is 5.73. The van der Waals surface area contributed by atoms with E-state index < -0.39 is 26.6 Å². The first-order valence-electron chi connectivity index (χ1n) is 9.54. The van der Waals surface area contributed by atoms with Gasteiger partial charge in [-0.05, 0) is 57.9 Å². The summed E-state index contributed by atoms with van der Waals surface area (Å²) in [5.41, 5.74) is 2.28. The molecular weight excluding hydrogens is 490 g/mol. The molecule has 0 saturated heterocycles. The van der Waals surface area contributed by atoms with Crippen LogP contribution in [-0.2, 0) is 10.0 Å². The molecule has 0 aliphatic heterocycles. The number of ketones is 2. The Morgan fingerprint density at radius 3 is 2.27 bits per heavy atom. The van der Waals surface area contributed by atoms with Crippen molar-refractivity contribution in [2.24, 2.45) is 0 Å². The van der Waals surface area contributed by atoms with Crippen LogP contribution in [0.4, 0.5) is 11.6 Å². The Hall–Kier alpha value is -3.02. The molecule has 33 heavy (non-hydrogen) atoms. The van der Waals surface area contributed by atoms with Gasteiger partial charge in [0.05, 0.1) is 10.6 Å². The number of carbonyl (C=O) groups is 3. The van der Waals surface area contributed by atoms with Gasteiger partial charge in [-0.15, -0.1) is 11.3 Å². The zero-order valence-corrected chi connectivity index (χ0v) is 20.7. The highest BCUT2D eigenvalue weighted by Crippen LogP contribution is 2.33. The highest BCUT2D eigenvalue weighted by atomic mass is 35.5. The van der Waals surface area contributed by atoms with E-state index in [9.17, 15) is 22.8 Å². The van der Waals surface area contributed by atoms with Crippen LogP contribution in [0.3, 0.4) is 0 Å². The second kappa shape index (κ2) is 9.08. The van der Waals surface area contributed by atoms with Crippen LogP contribution < -0.4 is 10.0 Å². The van der Waals surface area contributed by atoms with Gasteiger partial charge in [-0.1, -0.05) is 22.8 Å². The van der Waals surface area contributed by atoms with Crippen molar-refractivity contribution in [1.29, 1.82) is 0 Å².